The third kappa shape index (κ3) is 4.34. The first-order valence-corrected chi connectivity index (χ1v) is 16.3. The van der Waals surface area contributed by atoms with Crippen LogP contribution in [0.2, 0.25) is 0 Å². The second-order valence-electron chi connectivity index (χ2n) is 11.4. The van der Waals surface area contributed by atoms with Gasteiger partial charge in [-0.2, -0.15) is 0 Å². The molecular formula is C42H28N2OS. The van der Waals surface area contributed by atoms with Gasteiger partial charge < -0.3 is 14.2 Å². The highest BCUT2D eigenvalue weighted by Crippen LogP contribution is 2.49. The molecule has 0 amide bonds. The predicted octanol–water partition coefficient (Wildman–Crippen LogP) is 12.9. The first kappa shape index (κ1) is 26.6. The first-order chi connectivity index (χ1) is 22.8. The molecule has 0 saturated heterocycles. The Kier molecular flexibility index (Phi) is 6.32. The summed E-state index contributed by atoms with van der Waals surface area (Å²) >= 11 is 1.85. The Morgan fingerprint density at radius 3 is 1.63 bits per heavy atom. The summed E-state index contributed by atoms with van der Waals surface area (Å²) in [7, 11) is 0. The molecule has 0 N–H and O–H groups in total. The summed E-state index contributed by atoms with van der Waals surface area (Å²) in [6.07, 6.45) is 0. The van der Waals surface area contributed by atoms with Crippen LogP contribution in [0.5, 0.6) is 0 Å². The zero-order valence-corrected chi connectivity index (χ0v) is 25.7. The monoisotopic (exact) mass is 608 g/mol. The second kappa shape index (κ2) is 11.0. The molecule has 0 spiro atoms. The quantitative estimate of drug-likeness (QED) is 0.187. The average molecular weight is 609 g/mol. The van der Waals surface area contributed by atoms with E-state index in [4.69, 9.17) is 4.42 Å². The molecule has 0 aliphatic rings. The number of thiophene rings is 1. The van der Waals surface area contributed by atoms with Crippen LogP contribution in [0.4, 0.5) is 34.1 Å². The van der Waals surface area contributed by atoms with Crippen molar-refractivity contribution in [2.45, 2.75) is 0 Å². The van der Waals surface area contributed by atoms with Crippen molar-refractivity contribution in [3.8, 4) is 0 Å². The van der Waals surface area contributed by atoms with Gasteiger partial charge >= 0.3 is 0 Å². The normalized spacial score (nSPS) is 11.5. The molecule has 0 fully saturated rings. The highest BCUT2D eigenvalue weighted by atomic mass is 32.1. The number of rotatable bonds is 6. The molecule has 0 aliphatic heterocycles. The minimum Gasteiger partial charge on any atom is -0.456 e. The van der Waals surface area contributed by atoms with Crippen LogP contribution in [-0.2, 0) is 0 Å². The van der Waals surface area contributed by atoms with Crippen molar-refractivity contribution in [2.24, 2.45) is 0 Å². The summed E-state index contributed by atoms with van der Waals surface area (Å²) in [5.41, 5.74) is 8.56. The largest absolute Gasteiger partial charge is 0.456 e. The van der Waals surface area contributed by atoms with E-state index in [-0.39, 0.29) is 0 Å². The predicted molar refractivity (Wildman–Crippen MR) is 196 cm³/mol. The van der Waals surface area contributed by atoms with Crippen LogP contribution in [0.15, 0.2) is 174 Å². The molecule has 0 bridgehead atoms. The topological polar surface area (TPSA) is 19.6 Å². The van der Waals surface area contributed by atoms with Crippen LogP contribution < -0.4 is 9.80 Å². The molecule has 2 heterocycles. The van der Waals surface area contributed by atoms with Gasteiger partial charge in [0.25, 0.3) is 0 Å². The fourth-order valence-electron chi connectivity index (χ4n) is 6.62. The van der Waals surface area contributed by atoms with Crippen molar-refractivity contribution in [3.05, 3.63) is 170 Å². The van der Waals surface area contributed by atoms with E-state index in [0.717, 1.165) is 56.1 Å². The van der Waals surface area contributed by atoms with E-state index in [1.54, 1.807) is 0 Å². The fraction of sp³-hybridized carbons (Fsp3) is 0. The standard InChI is InChI=1S/C42H28N2OS/c1-4-14-29(15-5-1)43(30-16-6-2-7-17-30)36-22-13-25-40-41(36)34-21-12-23-37(42(34)46-40)44(31-18-8-3-9-19-31)32-26-27-39-35(28-32)33-20-10-11-24-38(33)45-39/h1-28H. The van der Waals surface area contributed by atoms with Gasteiger partial charge in [0.1, 0.15) is 11.2 Å². The van der Waals surface area contributed by atoms with Gasteiger partial charge in [-0.3, -0.25) is 0 Å². The van der Waals surface area contributed by atoms with Crippen LogP contribution in [0, 0.1) is 0 Å². The Morgan fingerprint density at radius 2 is 0.935 bits per heavy atom. The number of furan rings is 1. The summed E-state index contributed by atoms with van der Waals surface area (Å²) in [5.74, 6) is 0. The number of hydrogen-bond donors (Lipinski definition) is 0. The second-order valence-corrected chi connectivity index (χ2v) is 12.4. The van der Waals surface area contributed by atoms with E-state index in [1.165, 1.54) is 20.2 Å². The van der Waals surface area contributed by atoms with Gasteiger partial charge in [0.2, 0.25) is 0 Å². The number of anilines is 6. The third-order valence-corrected chi connectivity index (χ3v) is 9.82. The highest BCUT2D eigenvalue weighted by molar-refractivity contribution is 7.26. The van der Waals surface area contributed by atoms with Crippen molar-refractivity contribution in [1.82, 2.24) is 0 Å². The molecular weight excluding hydrogens is 581 g/mol. The molecule has 3 nitrogen and oxygen atoms in total. The van der Waals surface area contributed by atoms with Gasteiger partial charge in [-0.1, -0.05) is 91.0 Å². The number of hydrogen-bond acceptors (Lipinski definition) is 4. The van der Waals surface area contributed by atoms with E-state index >= 15 is 0 Å². The average Bonchev–Trinajstić information content (AvgIpc) is 3.69. The van der Waals surface area contributed by atoms with Crippen LogP contribution in [0.25, 0.3) is 42.1 Å². The molecule has 7 aromatic carbocycles. The minimum atomic E-state index is 0.893. The van der Waals surface area contributed by atoms with Crippen LogP contribution >= 0.6 is 11.3 Å². The van der Waals surface area contributed by atoms with Gasteiger partial charge in [-0.15, -0.1) is 11.3 Å². The van der Waals surface area contributed by atoms with Crippen molar-refractivity contribution in [1.29, 1.82) is 0 Å². The van der Waals surface area contributed by atoms with E-state index in [9.17, 15) is 0 Å². The molecule has 9 rings (SSSR count). The smallest absolute Gasteiger partial charge is 0.135 e. The van der Waals surface area contributed by atoms with Crippen LogP contribution in [0.1, 0.15) is 0 Å². The number of nitrogens with zero attached hydrogens (tertiary/aromatic N) is 2. The Bertz CT molecular complexity index is 2440. The molecule has 0 saturated carbocycles. The van der Waals surface area contributed by atoms with Gasteiger partial charge in [0, 0.05) is 49.0 Å². The maximum Gasteiger partial charge on any atom is 0.135 e. The lowest BCUT2D eigenvalue weighted by Gasteiger charge is -2.27. The molecule has 218 valence electrons. The van der Waals surface area contributed by atoms with Crippen LogP contribution in [0.3, 0.4) is 0 Å². The maximum absolute atomic E-state index is 6.20. The molecule has 2 aromatic heterocycles. The summed E-state index contributed by atoms with van der Waals surface area (Å²) in [4.78, 5) is 4.75. The Balaban J connectivity index is 1.29. The zero-order valence-electron chi connectivity index (χ0n) is 24.9. The molecule has 46 heavy (non-hydrogen) atoms. The van der Waals surface area contributed by atoms with E-state index in [1.807, 2.05) is 23.5 Å². The molecule has 0 radical (unpaired) electrons. The fourth-order valence-corrected chi connectivity index (χ4v) is 7.84. The lowest BCUT2D eigenvalue weighted by Crippen LogP contribution is -2.10. The lowest BCUT2D eigenvalue weighted by molar-refractivity contribution is 0.669. The molecule has 4 heteroatoms. The Morgan fingerprint density at radius 1 is 0.391 bits per heavy atom. The van der Waals surface area contributed by atoms with Crippen molar-refractivity contribution in [3.63, 3.8) is 0 Å². The molecule has 0 unspecified atom stereocenters. The van der Waals surface area contributed by atoms with Crippen LogP contribution in [-0.4, -0.2) is 0 Å². The van der Waals surface area contributed by atoms with Gasteiger partial charge in [-0.25, -0.2) is 0 Å². The molecule has 0 aliphatic carbocycles. The zero-order chi connectivity index (χ0) is 30.5. The van der Waals surface area contributed by atoms with Crippen molar-refractivity contribution in [2.75, 3.05) is 9.80 Å². The summed E-state index contributed by atoms with van der Waals surface area (Å²) in [6.45, 7) is 0. The van der Waals surface area contributed by atoms with Crippen molar-refractivity contribution < 1.29 is 4.42 Å². The van der Waals surface area contributed by atoms with E-state index in [0.29, 0.717) is 0 Å². The van der Waals surface area contributed by atoms with Gasteiger partial charge in [0.05, 0.1) is 16.1 Å². The summed E-state index contributed by atoms with van der Waals surface area (Å²) < 4.78 is 8.69. The maximum atomic E-state index is 6.20. The van der Waals surface area contributed by atoms with E-state index < -0.39 is 0 Å². The summed E-state index contributed by atoms with van der Waals surface area (Å²) in [5, 5.41) is 4.72. The highest BCUT2D eigenvalue weighted by Gasteiger charge is 2.22. The van der Waals surface area contributed by atoms with E-state index in [2.05, 4.69) is 168 Å². The van der Waals surface area contributed by atoms with Crippen molar-refractivity contribution >= 4 is 87.6 Å². The number of benzene rings is 7. The number of para-hydroxylation sites is 4. The lowest BCUT2D eigenvalue weighted by atomic mass is 10.1. The molecule has 9 aromatic rings. The Labute approximate surface area is 270 Å². The summed E-state index contributed by atoms with van der Waals surface area (Å²) in [6, 6.07) is 60.1. The Hall–Kier alpha value is -5.84. The van der Waals surface area contributed by atoms with Gasteiger partial charge in [0.15, 0.2) is 0 Å². The molecule has 0 atom stereocenters. The minimum absolute atomic E-state index is 0.893. The SMILES string of the molecule is c1ccc(N(c2ccc3oc4ccccc4c3c2)c2cccc3c2sc2cccc(N(c4ccccc4)c4ccccc4)c23)cc1. The first-order valence-electron chi connectivity index (χ1n) is 15.4. The number of fused-ring (bicyclic) bond motifs is 6. The van der Waals surface area contributed by atoms with Gasteiger partial charge in [-0.05, 0) is 78.9 Å². The third-order valence-electron chi connectivity index (χ3n) is 8.62.